The summed E-state index contributed by atoms with van der Waals surface area (Å²) in [6.45, 7) is 4.72. The molecule has 9 heteroatoms. The van der Waals surface area contributed by atoms with E-state index in [1.807, 2.05) is 0 Å². The van der Waals surface area contributed by atoms with E-state index in [1.165, 1.54) is 21.3 Å². The minimum absolute atomic E-state index is 0.0172. The number of hydrogen-bond donors (Lipinski definition) is 0. The van der Waals surface area contributed by atoms with Gasteiger partial charge in [0.25, 0.3) is 0 Å². The summed E-state index contributed by atoms with van der Waals surface area (Å²) in [7, 11) is -3.82. The number of carbonyl (C=O) groups is 1. The molecule has 1 aliphatic rings. The second kappa shape index (κ2) is 7.80. The van der Waals surface area contributed by atoms with Crippen molar-refractivity contribution in [1.29, 1.82) is 0 Å². The highest BCUT2D eigenvalue weighted by Gasteiger charge is 2.31. The van der Waals surface area contributed by atoms with Crippen molar-refractivity contribution in [3.63, 3.8) is 0 Å². The summed E-state index contributed by atoms with van der Waals surface area (Å²) >= 11 is 0. The highest BCUT2D eigenvalue weighted by atomic mass is 32.2. The lowest BCUT2D eigenvalue weighted by Gasteiger charge is -2.33. The second-order valence-corrected chi connectivity index (χ2v) is 7.05. The number of carbonyl (C=O) groups excluding carboxylic acids is 1. The monoisotopic (exact) mass is 360 g/mol. The summed E-state index contributed by atoms with van der Waals surface area (Å²) in [6, 6.07) is 3.58. The number of amides is 1. The molecule has 1 fully saturated rings. The summed E-state index contributed by atoms with van der Waals surface area (Å²) in [4.78, 5) is 13.0. The Morgan fingerprint density at radius 1 is 1.17 bits per heavy atom. The van der Waals surface area contributed by atoms with Crippen molar-refractivity contribution in [2.45, 2.75) is 18.7 Å². The van der Waals surface area contributed by atoms with E-state index in [0.29, 0.717) is 6.61 Å². The maximum Gasteiger partial charge on any atom is 0.409 e. The third kappa shape index (κ3) is 3.96. The van der Waals surface area contributed by atoms with Crippen LogP contribution >= 0.6 is 0 Å². The topological polar surface area (TPSA) is 76.2 Å². The highest BCUT2D eigenvalue weighted by molar-refractivity contribution is 7.89. The van der Waals surface area contributed by atoms with E-state index in [4.69, 9.17) is 9.47 Å². The average molecular weight is 360 g/mol. The summed E-state index contributed by atoms with van der Waals surface area (Å²) in [6.07, 6.45) is -0.457. The van der Waals surface area contributed by atoms with Crippen molar-refractivity contribution >= 4 is 16.1 Å². The zero-order valence-electron chi connectivity index (χ0n) is 13.7. The minimum Gasteiger partial charge on any atom is -0.491 e. The molecule has 1 amide bonds. The van der Waals surface area contributed by atoms with Crippen LogP contribution in [0.1, 0.15) is 13.8 Å². The largest absolute Gasteiger partial charge is 0.491 e. The maximum absolute atomic E-state index is 13.9. The zero-order valence-corrected chi connectivity index (χ0v) is 14.5. The van der Waals surface area contributed by atoms with Gasteiger partial charge in [-0.25, -0.2) is 17.6 Å². The second-order valence-electron chi connectivity index (χ2n) is 5.12. The molecular weight excluding hydrogens is 339 g/mol. The third-order valence-electron chi connectivity index (χ3n) is 3.61. The summed E-state index contributed by atoms with van der Waals surface area (Å²) in [5, 5.41) is 0. The van der Waals surface area contributed by atoms with Crippen LogP contribution in [-0.4, -0.2) is 63.1 Å². The average Bonchev–Trinajstić information content (AvgIpc) is 2.57. The SMILES string of the molecule is CCOC(=O)N1CCN(S(=O)(=O)c2ccc(OCC)c(F)c2)CC1. The number of benzene rings is 1. The summed E-state index contributed by atoms with van der Waals surface area (Å²) in [5.74, 6) is -0.702. The fourth-order valence-corrected chi connectivity index (χ4v) is 3.82. The molecular formula is C15H21FN2O5S. The first-order valence-corrected chi connectivity index (χ1v) is 9.18. The van der Waals surface area contributed by atoms with Gasteiger partial charge < -0.3 is 14.4 Å². The van der Waals surface area contributed by atoms with Gasteiger partial charge in [-0.05, 0) is 32.0 Å². The van der Waals surface area contributed by atoms with E-state index in [2.05, 4.69) is 0 Å². The third-order valence-corrected chi connectivity index (χ3v) is 5.50. The number of hydrogen-bond acceptors (Lipinski definition) is 5. The van der Waals surface area contributed by atoms with Crippen molar-refractivity contribution in [2.75, 3.05) is 39.4 Å². The Bertz CT molecular complexity index is 687. The lowest BCUT2D eigenvalue weighted by atomic mass is 10.3. The Morgan fingerprint density at radius 2 is 1.83 bits per heavy atom. The summed E-state index contributed by atoms with van der Waals surface area (Å²) < 4.78 is 50.3. The molecule has 7 nitrogen and oxygen atoms in total. The molecule has 134 valence electrons. The smallest absolute Gasteiger partial charge is 0.409 e. The fraction of sp³-hybridized carbons (Fsp3) is 0.533. The van der Waals surface area contributed by atoms with Crippen molar-refractivity contribution in [1.82, 2.24) is 9.21 Å². The minimum atomic E-state index is -3.82. The summed E-state index contributed by atoms with van der Waals surface area (Å²) in [5.41, 5.74) is 0. The van der Waals surface area contributed by atoms with E-state index in [9.17, 15) is 17.6 Å². The number of nitrogens with zero attached hydrogens (tertiary/aromatic N) is 2. The first-order chi connectivity index (χ1) is 11.4. The van der Waals surface area contributed by atoms with Gasteiger partial charge in [-0.2, -0.15) is 4.31 Å². The molecule has 0 aliphatic carbocycles. The highest BCUT2D eigenvalue weighted by Crippen LogP contribution is 2.24. The van der Waals surface area contributed by atoms with Gasteiger partial charge in [0.05, 0.1) is 18.1 Å². The Morgan fingerprint density at radius 3 is 2.38 bits per heavy atom. The molecule has 1 aliphatic heterocycles. The molecule has 1 saturated heterocycles. The molecule has 0 aromatic heterocycles. The van der Waals surface area contributed by atoms with Gasteiger partial charge in [-0.3, -0.25) is 0 Å². The number of piperazine rings is 1. The van der Waals surface area contributed by atoms with Gasteiger partial charge >= 0.3 is 6.09 Å². The van der Waals surface area contributed by atoms with E-state index >= 15 is 0 Å². The van der Waals surface area contributed by atoms with E-state index in [-0.39, 0.29) is 43.4 Å². The van der Waals surface area contributed by atoms with Crippen LogP contribution in [0, 0.1) is 5.82 Å². The first kappa shape index (κ1) is 18.5. The van der Waals surface area contributed by atoms with E-state index < -0.39 is 21.9 Å². The Labute approximate surface area is 141 Å². The van der Waals surface area contributed by atoms with Gasteiger partial charge in [0.2, 0.25) is 10.0 Å². The Balaban J connectivity index is 2.09. The van der Waals surface area contributed by atoms with E-state index in [1.54, 1.807) is 13.8 Å². The Kier molecular flexibility index (Phi) is 6.00. The number of ether oxygens (including phenoxy) is 2. The molecule has 0 radical (unpaired) electrons. The number of rotatable bonds is 5. The molecule has 0 spiro atoms. The molecule has 0 bridgehead atoms. The van der Waals surface area contributed by atoms with E-state index in [0.717, 1.165) is 6.07 Å². The molecule has 0 unspecified atom stereocenters. The van der Waals surface area contributed by atoms with Crippen LogP contribution in [0.15, 0.2) is 23.1 Å². The molecule has 0 N–H and O–H groups in total. The van der Waals surface area contributed by atoms with Crippen LogP contribution < -0.4 is 4.74 Å². The lowest BCUT2D eigenvalue weighted by Crippen LogP contribution is -2.50. The number of halogens is 1. The van der Waals surface area contributed by atoms with Crippen molar-refractivity contribution in [3.8, 4) is 5.75 Å². The molecule has 0 atom stereocenters. The standard InChI is InChI=1S/C15H21FN2O5S/c1-3-22-14-6-5-12(11-13(14)16)24(20,21)18-9-7-17(8-10-18)15(19)23-4-2/h5-6,11H,3-4,7-10H2,1-2H3. The van der Waals surface area contributed by atoms with Gasteiger partial charge in [0.1, 0.15) is 0 Å². The van der Waals surface area contributed by atoms with Crippen LogP contribution in [0.3, 0.4) is 0 Å². The molecule has 1 heterocycles. The predicted octanol–water partition coefficient (Wildman–Crippen LogP) is 1.69. The molecule has 0 saturated carbocycles. The maximum atomic E-state index is 13.9. The van der Waals surface area contributed by atoms with Gasteiger partial charge in [0, 0.05) is 26.2 Å². The predicted molar refractivity (Wildman–Crippen MR) is 84.9 cm³/mol. The fourth-order valence-electron chi connectivity index (χ4n) is 2.39. The molecule has 1 aromatic carbocycles. The van der Waals surface area contributed by atoms with Gasteiger partial charge in [0.15, 0.2) is 11.6 Å². The Hall–Kier alpha value is -1.87. The van der Waals surface area contributed by atoms with Crippen LogP contribution in [0.4, 0.5) is 9.18 Å². The molecule has 1 aromatic rings. The first-order valence-electron chi connectivity index (χ1n) is 7.74. The normalized spacial score (nSPS) is 16.0. The van der Waals surface area contributed by atoms with Gasteiger partial charge in [-0.15, -0.1) is 0 Å². The van der Waals surface area contributed by atoms with Crippen LogP contribution in [0.5, 0.6) is 5.75 Å². The van der Waals surface area contributed by atoms with Gasteiger partial charge in [-0.1, -0.05) is 0 Å². The quantitative estimate of drug-likeness (QED) is 0.799. The number of sulfonamides is 1. The molecule has 2 rings (SSSR count). The van der Waals surface area contributed by atoms with Crippen molar-refractivity contribution < 1.29 is 27.1 Å². The van der Waals surface area contributed by atoms with Crippen LogP contribution in [0.2, 0.25) is 0 Å². The molecule has 24 heavy (non-hydrogen) atoms. The lowest BCUT2D eigenvalue weighted by molar-refractivity contribution is 0.0934. The van der Waals surface area contributed by atoms with Crippen molar-refractivity contribution in [3.05, 3.63) is 24.0 Å². The zero-order chi connectivity index (χ0) is 17.7. The van der Waals surface area contributed by atoms with Crippen LogP contribution in [-0.2, 0) is 14.8 Å². The van der Waals surface area contributed by atoms with Crippen LogP contribution in [0.25, 0.3) is 0 Å². The van der Waals surface area contributed by atoms with Crippen molar-refractivity contribution in [2.24, 2.45) is 0 Å².